The molecule has 1 amide bonds. The molecule has 0 aliphatic carbocycles. The number of hydrogen-bond donors (Lipinski definition) is 1. The summed E-state index contributed by atoms with van der Waals surface area (Å²) in [7, 11) is 0. The lowest BCUT2D eigenvalue weighted by molar-refractivity contribution is 0.0636. The van der Waals surface area contributed by atoms with Gasteiger partial charge < -0.3 is 9.47 Å². The van der Waals surface area contributed by atoms with E-state index >= 15 is 0 Å². The van der Waals surface area contributed by atoms with Crippen LogP contribution in [0.25, 0.3) is 0 Å². The Hall–Kier alpha value is -2.78. The van der Waals surface area contributed by atoms with E-state index in [2.05, 4.69) is 10.3 Å². The largest absolute Gasteiger partial charge is 0.444 e. The summed E-state index contributed by atoms with van der Waals surface area (Å²) in [5, 5.41) is 11.6. The number of anilines is 1. The maximum absolute atomic E-state index is 11.7. The Morgan fingerprint density at radius 2 is 2.04 bits per heavy atom. The van der Waals surface area contributed by atoms with Gasteiger partial charge in [0.15, 0.2) is 0 Å². The molecule has 2 aromatic rings. The Bertz CT molecular complexity index is 777. The lowest BCUT2D eigenvalue weighted by Crippen LogP contribution is -2.27. The van der Waals surface area contributed by atoms with Gasteiger partial charge in [-0.2, -0.15) is 5.26 Å². The van der Waals surface area contributed by atoms with E-state index in [0.717, 1.165) is 0 Å². The standard InChI is InChI=1S/C17H16ClN3O3/c1-17(2,3)24-16(22)21-12-5-6-14(13(18)8-12)23-15-7-4-11(9-19)10-20-15/h4-8,10H,1-3H3,(H,21,22). The van der Waals surface area contributed by atoms with Crippen LogP contribution in [0.4, 0.5) is 10.5 Å². The number of ether oxygens (including phenoxy) is 2. The summed E-state index contributed by atoms with van der Waals surface area (Å²) in [6.07, 6.45) is 0.836. The van der Waals surface area contributed by atoms with Crippen molar-refractivity contribution in [2.45, 2.75) is 26.4 Å². The summed E-state index contributed by atoms with van der Waals surface area (Å²) in [6, 6.07) is 9.92. The van der Waals surface area contributed by atoms with E-state index in [1.807, 2.05) is 6.07 Å². The molecule has 0 aliphatic rings. The fourth-order valence-corrected chi connectivity index (χ4v) is 1.92. The molecular formula is C17H16ClN3O3. The lowest BCUT2D eigenvalue weighted by Gasteiger charge is -2.19. The van der Waals surface area contributed by atoms with Crippen LogP contribution in [-0.2, 0) is 4.74 Å². The molecule has 0 unspecified atom stereocenters. The Labute approximate surface area is 145 Å². The Balaban J connectivity index is 2.06. The normalized spacial score (nSPS) is 10.6. The molecule has 7 heteroatoms. The van der Waals surface area contributed by atoms with Gasteiger partial charge >= 0.3 is 6.09 Å². The molecule has 0 aliphatic heterocycles. The van der Waals surface area contributed by atoms with E-state index in [9.17, 15) is 4.79 Å². The molecule has 1 aromatic heterocycles. The van der Waals surface area contributed by atoms with Crippen molar-refractivity contribution in [1.29, 1.82) is 5.26 Å². The van der Waals surface area contributed by atoms with Gasteiger partial charge in [0.25, 0.3) is 0 Å². The monoisotopic (exact) mass is 345 g/mol. The molecule has 0 saturated carbocycles. The average Bonchev–Trinajstić information content (AvgIpc) is 2.49. The summed E-state index contributed by atoms with van der Waals surface area (Å²) >= 11 is 6.16. The van der Waals surface area contributed by atoms with Crippen LogP contribution >= 0.6 is 11.6 Å². The van der Waals surface area contributed by atoms with Crippen molar-refractivity contribution in [3.63, 3.8) is 0 Å². The van der Waals surface area contributed by atoms with Crippen molar-refractivity contribution < 1.29 is 14.3 Å². The smallest absolute Gasteiger partial charge is 0.412 e. The summed E-state index contributed by atoms with van der Waals surface area (Å²) in [4.78, 5) is 15.7. The minimum Gasteiger partial charge on any atom is -0.444 e. The molecule has 1 heterocycles. The number of pyridine rings is 1. The molecule has 0 fully saturated rings. The van der Waals surface area contributed by atoms with Crippen molar-refractivity contribution >= 4 is 23.4 Å². The number of nitrogens with zero attached hydrogens (tertiary/aromatic N) is 2. The highest BCUT2D eigenvalue weighted by Gasteiger charge is 2.16. The summed E-state index contributed by atoms with van der Waals surface area (Å²) in [6.45, 7) is 5.34. The molecule has 6 nitrogen and oxygen atoms in total. The average molecular weight is 346 g/mol. The van der Waals surface area contributed by atoms with Gasteiger partial charge in [0.05, 0.1) is 10.6 Å². The molecule has 0 bridgehead atoms. The zero-order chi connectivity index (χ0) is 17.7. The molecule has 1 N–H and O–H groups in total. The van der Waals surface area contributed by atoms with Crippen molar-refractivity contribution in [2.75, 3.05) is 5.32 Å². The summed E-state index contributed by atoms with van der Waals surface area (Å²) in [5.74, 6) is 0.687. The van der Waals surface area contributed by atoms with Gasteiger partial charge in [-0.1, -0.05) is 11.6 Å². The number of nitriles is 1. The number of nitrogens with one attached hydrogen (secondary N) is 1. The van der Waals surface area contributed by atoms with Crippen LogP contribution in [-0.4, -0.2) is 16.7 Å². The maximum atomic E-state index is 11.7. The third-order valence-corrected chi connectivity index (χ3v) is 2.95. The Kier molecular flexibility index (Phi) is 5.27. The third-order valence-electron chi connectivity index (χ3n) is 2.66. The van der Waals surface area contributed by atoms with Gasteiger partial charge in [0, 0.05) is 18.0 Å². The van der Waals surface area contributed by atoms with Gasteiger partial charge in [0.2, 0.25) is 5.88 Å². The second-order valence-electron chi connectivity index (χ2n) is 5.87. The number of carbonyl (C=O) groups is 1. The van der Waals surface area contributed by atoms with Gasteiger partial charge in [-0.15, -0.1) is 0 Å². The molecule has 0 atom stereocenters. The first-order chi connectivity index (χ1) is 11.3. The fourth-order valence-electron chi connectivity index (χ4n) is 1.70. The molecule has 0 radical (unpaired) electrons. The van der Waals surface area contributed by atoms with Crippen molar-refractivity contribution in [3.8, 4) is 17.7 Å². The topological polar surface area (TPSA) is 84.2 Å². The maximum Gasteiger partial charge on any atom is 0.412 e. The minimum absolute atomic E-state index is 0.301. The van der Waals surface area contributed by atoms with Crippen LogP contribution in [0.3, 0.4) is 0 Å². The van der Waals surface area contributed by atoms with E-state index in [1.165, 1.54) is 6.20 Å². The van der Waals surface area contributed by atoms with Crippen LogP contribution in [0, 0.1) is 11.3 Å². The highest BCUT2D eigenvalue weighted by Crippen LogP contribution is 2.31. The van der Waals surface area contributed by atoms with Gasteiger partial charge in [-0.05, 0) is 45.0 Å². The second kappa shape index (κ2) is 7.20. The molecule has 0 saturated heterocycles. The Morgan fingerprint density at radius 1 is 1.29 bits per heavy atom. The molecule has 24 heavy (non-hydrogen) atoms. The first kappa shape index (κ1) is 17.6. The fraction of sp³-hybridized carbons (Fsp3) is 0.235. The van der Waals surface area contributed by atoms with Crippen molar-refractivity contribution in [1.82, 2.24) is 4.98 Å². The van der Waals surface area contributed by atoms with Crippen LogP contribution < -0.4 is 10.1 Å². The first-order valence-corrected chi connectivity index (χ1v) is 7.48. The van der Waals surface area contributed by atoms with Crippen molar-refractivity contribution in [2.24, 2.45) is 0 Å². The molecule has 2 rings (SSSR count). The van der Waals surface area contributed by atoms with E-state index in [-0.39, 0.29) is 0 Å². The van der Waals surface area contributed by atoms with Gasteiger partial charge in [0.1, 0.15) is 17.4 Å². The molecule has 0 spiro atoms. The number of rotatable bonds is 3. The van der Waals surface area contributed by atoms with Gasteiger partial charge in [-0.25, -0.2) is 9.78 Å². The third kappa shape index (κ3) is 5.14. The van der Waals surface area contributed by atoms with Crippen molar-refractivity contribution in [3.05, 3.63) is 47.1 Å². The summed E-state index contributed by atoms with van der Waals surface area (Å²) in [5.41, 5.74) is 0.331. The number of hydrogen-bond acceptors (Lipinski definition) is 5. The highest BCUT2D eigenvalue weighted by molar-refractivity contribution is 6.32. The Morgan fingerprint density at radius 3 is 2.58 bits per heavy atom. The molecular weight excluding hydrogens is 330 g/mol. The van der Waals surface area contributed by atoms with E-state index in [1.54, 1.807) is 51.1 Å². The predicted octanol–water partition coefficient (Wildman–Crippen LogP) is 4.75. The van der Waals surface area contributed by atoms with Crippen LogP contribution in [0.1, 0.15) is 26.3 Å². The highest BCUT2D eigenvalue weighted by atomic mass is 35.5. The number of aromatic nitrogens is 1. The number of carbonyl (C=O) groups excluding carboxylic acids is 1. The number of amides is 1. The molecule has 1 aromatic carbocycles. The number of halogens is 1. The quantitative estimate of drug-likeness (QED) is 0.868. The lowest BCUT2D eigenvalue weighted by atomic mass is 10.2. The number of benzene rings is 1. The van der Waals surface area contributed by atoms with Crippen LogP contribution in [0.15, 0.2) is 36.5 Å². The van der Waals surface area contributed by atoms with Crippen LogP contribution in [0.2, 0.25) is 5.02 Å². The minimum atomic E-state index is -0.585. The zero-order valence-corrected chi connectivity index (χ0v) is 14.2. The van der Waals surface area contributed by atoms with E-state index in [4.69, 9.17) is 26.3 Å². The molecule has 124 valence electrons. The predicted molar refractivity (Wildman–Crippen MR) is 90.3 cm³/mol. The van der Waals surface area contributed by atoms with Crippen LogP contribution in [0.5, 0.6) is 11.6 Å². The zero-order valence-electron chi connectivity index (χ0n) is 13.5. The second-order valence-corrected chi connectivity index (χ2v) is 6.28. The summed E-state index contributed by atoms with van der Waals surface area (Å²) < 4.78 is 10.7. The van der Waals surface area contributed by atoms with Gasteiger partial charge in [-0.3, -0.25) is 5.32 Å². The SMILES string of the molecule is CC(C)(C)OC(=O)Nc1ccc(Oc2ccc(C#N)cn2)c(Cl)c1. The van der Waals surface area contributed by atoms with E-state index in [0.29, 0.717) is 27.9 Å². The first-order valence-electron chi connectivity index (χ1n) is 7.10. The van der Waals surface area contributed by atoms with E-state index < -0.39 is 11.7 Å².